The number of carbonyl (C=O) groups is 3. The number of nitrogens with one attached hydrogen (secondary N) is 2. The van der Waals surface area contributed by atoms with Crippen molar-refractivity contribution in [3.05, 3.63) is 65.2 Å². The molecule has 3 N–H and O–H groups in total. The zero-order valence-electron chi connectivity index (χ0n) is 14.1. The van der Waals surface area contributed by atoms with Crippen LogP contribution in [0.15, 0.2) is 53.9 Å². The Labute approximate surface area is 168 Å². The van der Waals surface area contributed by atoms with E-state index in [1.165, 1.54) is 23.6 Å². The molecule has 0 fully saturated rings. The number of carbonyl (C=O) groups excluding carboxylic acids is 2. The van der Waals surface area contributed by atoms with Gasteiger partial charge in [0.25, 0.3) is 5.91 Å². The van der Waals surface area contributed by atoms with Crippen LogP contribution < -0.4 is 14.9 Å². The van der Waals surface area contributed by atoms with Gasteiger partial charge in [0.2, 0.25) is 0 Å². The van der Waals surface area contributed by atoms with Crippen molar-refractivity contribution in [1.82, 2.24) is 9.59 Å². The van der Waals surface area contributed by atoms with Gasteiger partial charge < -0.3 is 15.7 Å². The van der Waals surface area contributed by atoms with Crippen molar-refractivity contribution >= 4 is 59.3 Å². The van der Waals surface area contributed by atoms with E-state index in [0.29, 0.717) is 17.1 Å². The molecule has 9 nitrogen and oxygen atoms in total. The van der Waals surface area contributed by atoms with Crippen molar-refractivity contribution in [2.24, 2.45) is 0 Å². The Bertz CT molecular complexity index is 1010. The largest absolute Gasteiger partial charge is 0.478 e. The number of urea groups is 1. The molecule has 0 radical (unpaired) electrons. The lowest BCUT2D eigenvalue weighted by atomic mass is 10.2. The first-order valence-electron chi connectivity index (χ1n) is 7.76. The highest BCUT2D eigenvalue weighted by Gasteiger charge is 2.14. The van der Waals surface area contributed by atoms with Crippen molar-refractivity contribution in [3.8, 4) is 0 Å². The summed E-state index contributed by atoms with van der Waals surface area (Å²) in [6.45, 7) is 0. The van der Waals surface area contributed by atoms with E-state index < -0.39 is 12.0 Å². The molecular formula is C17H13N5O4S2. The number of anilines is 3. The first kappa shape index (κ1) is 19.3. The monoisotopic (exact) mass is 415 g/mol. The zero-order chi connectivity index (χ0) is 20.1. The number of benzene rings is 2. The summed E-state index contributed by atoms with van der Waals surface area (Å²) in [6, 6.07) is 11.7. The van der Waals surface area contributed by atoms with Gasteiger partial charge in [-0.2, -0.15) is 0 Å². The highest BCUT2D eigenvalue weighted by atomic mass is 32.1. The predicted octanol–water partition coefficient (Wildman–Crippen LogP) is 3.37. The second kappa shape index (κ2) is 8.50. The van der Waals surface area contributed by atoms with Crippen LogP contribution in [0.5, 0.6) is 0 Å². The van der Waals surface area contributed by atoms with E-state index in [1.807, 2.05) is 0 Å². The first-order chi connectivity index (χ1) is 13.4. The van der Waals surface area contributed by atoms with E-state index in [9.17, 15) is 14.4 Å². The van der Waals surface area contributed by atoms with Gasteiger partial charge in [0, 0.05) is 16.8 Å². The van der Waals surface area contributed by atoms with Gasteiger partial charge in [-0.15, -0.1) is 5.10 Å². The van der Waals surface area contributed by atoms with Gasteiger partial charge in [-0.1, -0.05) is 23.4 Å². The summed E-state index contributed by atoms with van der Waals surface area (Å²) < 4.78 is 4.62. The molecule has 2 aromatic carbocycles. The Morgan fingerprint density at radius 3 is 2.32 bits per heavy atom. The number of nitrogens with zero attached hydrogens (tertiary/aromatic N) is 3. The summed E-state index contributed by atoms with van der Waals surface area (Å²) >= 11 is 5.20. The number of hydrogen-bond donors (Lipinski definition) is 4. The van der Waals surface area contributed by atoms with Gasteiger partial charge >= 0.3 is 12.0 Å². The van der Waals surface area contributed by atoms with Gasteiger partial charge in [0.05, 0.1) is 11.3 Å². The molecule has 142 valence electrons. The maximum atomic E-state index is 12.3. The third-order valence-corrected chi connectivity index (χ3v) is 4.43. The normalized spacial score (nSPS) is 10.2. The quantitative estimate of drug-likeness (QED) is 0.474. The van der Waals surface area contributed by atoms with Gasteiger partial charge in [-0.3, -0.25) is 4.79 Å². The minimum absolute atomic E-state index is 0.0414. The van der Waals surface area contributed by atoms with E-state index in [2.05, 4.69) is 33.0 Å². The molecule has 28 heavy (non-hydrogen) atoms. The summed E-state index contributed by atoms with van der Waals surface area (Å²) in [5.41, 5.74) is 1.55. The van der Waals surface area contributed by atoms with Crippen molar-refractivity contribution in [2.45, 2.75) is 0 Å². The predicted molar refractivity (Wildman–Crippen MR) is 108 cm³/mol. The number of carboxylic acids is 1. The summed E-state index contributed by atoms with van der Waals surface area (Å²) in [4.78, 5) is 35.3. The summed E-state index contributed by atoms with van der Waals surface area (Å²) in [7, 11) is 0. The minimum Gasteiger partial charge on any atom is -0.478 e. The molecule has 11 heteroatoms. The fourth-order valence-corrected chi connectivity index (χ4v) is 2.77. The molecule has 0 spiro atoms. The van der Waals surface area contributed by atoms with Gasteiger partial charge in [-0.25, -0.2) is 13.9 Å². The molecule has 0 saturated heterocycles. The molecule has 0 unspecified atom stereocenters. The molecule has 0 aliphatic rings. The van der Waals surface area contributed by atoms with E-state index in [1.54, 1.807) is 30.3 Å². The molecule has 1 aromatic heterocycles. The Balaban J connectivity index is 1.63. The molecule has 0 bridgehead atoms. The second-order valence-corrected chi connectivity index (χ2v) is 6.43. The Kier molecular flexibility index (Phi) is 5.87. The van der Waals surface area contributed by atoms with E-state index in [0.717, 1.165) is 15.8 Å². The molecule has 3 rings (SSSR count). The number of carboxylic acid groups (broad SMARTS) is 1. The fraction of sp³-hybridized carbons (Fsp3) is 0. The molecule has 0 aliphatic carbocycles. The van der Waals surface area contributed by atoms with Gasteiger partial charge in [-0.05, 0) is 54.0 Å². The van der Waals surface area contributed by atoms with Gasteiger partial charge in [0.15, 0.2) is 5.69 Å². The van der Waals surface area contributed by atoms with Crippen LogP contribution >= 0.6 is 24.3 Å². The summed E-state index contributed by atoms with van der Waals surface area (Å²) in [6.07, 6.45) is 0. The maximum absolute atomic E-state index is 12.3. The van der Waals surface area contributed by atoms with Crippen LogP contribution in [0.3, 0.4) is 0 Å². The average Bonchev–Trinajstić information content (AvgIpc) is 3.24. The van der Waals surface area contributed by atoms with Crippen molar-refractivity contribution < 1.29 is 19.5 Å². The van der Waals surface area contributed by atoms with Crippen LogP contribution in [-0.2, 0) is 0 Å². The molecule has 3 aromatic rings. The molecule has 3 amide bonds. The Morgan fingerprint density at radius 1 is 1.04 bits per heavy atom. The van der Waals surface area contributed by atoms with Crippen LogP contribution in [0, 0.1) is 0 Å². The number of aromatic nitrogens is 2. The average molecular weight is 415 g/mol. The molecule has 0 atom stereocenters. The lowest BCUT2D eigenvalue weighted by Gasteiger charge is -2.17. The molecule has 0 aliphatic heterocycles. The smallest absolute Gasteiger partial charge is 0.336 e. The highest BCUT2D eigenvalue weighted by molar-refractivity contribution is 7.82. The van der Waals surface area contributed by atoms with Crippen LogP contribution in [0.25, 0.3) is 0 Å². The number of rotatable bonds is 5. The van der Waals surface area contributed by atoms with E-state index in [-0.39, 0.29) is 17.2 Å². The molecule has 1 heterocycles. The number of aromatic carboxylic acids is 1. The number of amides is 3. The van der Waals surface area contributed by atoms with Crippen LogP contribution in [0.4, 0.5) is 21.9 Å². The minimum atomic E-state index is -1.10. The maximum Gasteiger partial charge on any atom is 0.336 e. The van der Waals surface area contributed by atoms with Crippen molar-refractivity contribution in [2.75, 3.05) is 14.9 Å². The third kappa shape index (κ3) is 4.64. The standard InChI is InChI=1S/C17H13N5O4S2/c23-15(14-9-28-21-20-14)18-11-4-6-12(7-5-11)19-17(26)22(27)13-3-1-2-10(8-13)16(24)25/h1-9,27H,(H,18,23)(H,19,26)(H,24,25). The van der Waals surface area contributed by atoms with E-state index >= 15 is 0 Å². The molecule has 0 saturated carbocycles. The van der Waals surface area contributed by atoms with E-state index in [4.69, 9.17) is 5.11 Å². The SMILES string of the molecule is O=C(O)c1cccc(N(S)C(=O)Nc2ccc(NC(=O)c3csnn3)cc2)c1. The number of hydrogen-bond acceptors (Lipinski definition) is 7. The lowest BCUT2D eigenvalue weighted by Crippen LogP contribution is -2.26. The first-order valence-corrected chi connectivity index (χ1v) is 8.99. The fourth-order valence-electron chi connectivity index (χ4n) is 2.16. The summed E-state index contributed by atoms with van der Waals surface area (Å²) in [5, 5.41) is 19.5. The van der Waals surface area contributed by atoms with Crippen molar-refractivity contribution in [1.29, 1.82) is 0 Å². The number of thiol groups is 1. The summed E-state index contributed by atoms with van der Waals surface area (Å²) in [5.74, 6) is -1.49. The van der Waals surface area contributed by atoms with Crippen molar-refractivity contribution in [3.63, 3.8) is 0 Å². The van der Waals surface area contributed by atoms with Crippen LogP contribution in [-0.4, -0.2) is 32.6 Å². The zero-order valence-corrected chi connectivity index (χ0v) is 15.8. The third-order valence-electron chi connectivity index (χ3n) is 3.52. The Hall–Kier alpha value is -3.44. The topological polar surface area (TPSA) is 125 Å². The van der Waals surface area contributed by atoms with Crippen LogP contribution in [0.1, 0.15) is 20.8 Å². The Morgan fingerprint density at radius 2 is 1.71 bits per heavy atom. The van der Waals surface area contributed by atoms with Crippen LogP contribution in [0.2, 0.25) is 0 Å². The van der Waals surface area contributed by atoms with Gasteiger partial charge in [0.1, 0.15) is 0 Å². The lowest BCUT2D eigenvalue weighted by molar-refractivity contribution is 0.0696. The highest BCUT2D eigenvalue weighted by Crippen LogP contribution is 2.21. The second-order valence-electron chi connectivity index (χ2n) is 5.42. The molecular weight excluding hydrogens is 402 g/mol.